The van der Waals surface area contributed by atoms with Crippen molar-refractivity contribution in [2.75, 3.05) is 13.7 Å². The van der Waals surface area contributed by atoms with E-state index in [1.807, 2.05) is 7.05 Å². The maximum absolute atomic E-state index is 13.7. The molecular weight excluding hydrogens is 411 g/mol. The van der Waals surface area contributed by atoms with Crippen LogP contribution in [0.2, 0.25) is 0 Å². The van der Waals surface area contributed by atoms with Crippen molar-refractivity contribution in [3.8, 4) is 0 Å². The van der Waals surface area contributed by atoms with E-state index >= 15 is 0 Å². The van der Waals surface area contributed by atoms with Crippen molar-refractivity contribution >= 4 is 23.4 Å². The third kappa shape index (κ3) is 3.63. The van der Waals surface area contributed by atoms with Crippen LogP contribution in [0.25, 0.3) is 0 Å². The number of carbonyl (C=O) groups is 2. The van der Waals surface area contributed by atoms with Gasteiger partial charge in [-0.05, 0) is 44.9 Å². The molecule has 6 atom stereocenters. The molecule has 5 aliphatic carbocycles. The van der Waals surface area contributed by atoms with Crippen LogP contribution < -0.4 is 16.1 Å². The van der Waals surface area contributed by atoms with Gasteiger partial charge in [-0.1, -0.05) is 6.42 Å². The minimum Gasteiger partial charge on any atom is -0.368 e. The van der Waals surface area contributed by atoms with Gasteiger partial charge < -0.3 is 15.4 Å². The normalized spacial score (nSPS) is 47.2. The molecule has 1 heterocycles. The van der Waals surface area contributed by atoms with Crippen LogP contribution in [0.15, 0.2) is 0 Å². The molecule has 1 aliphatic heterocycles. The van der Waals surface area contributed by atoms with E-state index in [9.17, 15) is 14.0 Å². The average molecular weight is 443 g/mol. The van der Waals surface area contributed by atoms with Gasteiger partial charge in [0.25, 0.3) is 0 Å². The number of fused-ring (bicyclic) bond motifs is 1. The summed E-state index contributed by atoms with van der Waals surface area (Å²) < 4.78 is 19.3. The van der Waals surface area contributed by atoms with Crippen LogP contribution in [0, 0.1) is 5.92 Å². The fourth-order valence-electron chi connectivity index (χ4n) is 6.61. The van der Waals surface area contributed by atoms with Crippen LogP contribution in [-0.4, -0.2) is 71.3 Å². The quantitative estimate of drug-likeness (QED) is 0.541. The first-order valence-electron chi connectivity index (χ1n) is 11.3. The van der Waals surface area contributed by atoms with Crippen LogP contribution in [0.1, 0.15) is 57.8 Å². The number of hydrazine groups is 1. The van der Waals surface area contributed by atoms with Crippen molar-refractivity contribution in [3.63, 3.8) is 0 Å². The molecule has 2 amide bonds. The molecule has 0 aromatic carbocycles. The highest BCUT2D eigenvalue weighted by Crippen LogP contribution is 2.60. The summed E-state index contributed by atoms with van der Waals surface area (Å²) in [5, 5.41) is 8.00. The van der Waals surface area contributed by atoms with Crippen molar-refractivity contribution in [1.29, 1.82) is 0 Å². The summed E-state index contributed by atoms with van der Waals surface area (Å²) >= 11 is 5.89. The lowest BCUT2D eigenvalue weighted by molar-refractivity contribution is -0.154. The molecule has 168 valence electrons. The average Bonchev–Trinajstić information content (AvgIpc) is 3.24. The Hall–Kier alpha value is -0.960. The molecule has 0 spiro atoms. The van der Waals surface area contributed by atoms with Crippen molar-refractivity contribution in [3.05, 3.63) is 0 Å². The Balaban J connectivity index is 1.04. The van der Waals surface area contributed by atoms with Gasteiger partial charge in [0.1, 0.15) is 18.8 Å². The van der Waals surface area contributed by atoms with Gasteiger partial charge in [-0.25, -0.2) is 14.8 Å². The standard InChI is InChI=1S/C21H32ClFN4O3/c1-27-16-4-2-3-13(16)18(26-27)19(29)25-21-9-20(10-21,11-21)24-17(28)8-30-12-5-6-14(22)15(23)7-12/h12-16,18,26H,2-11H2,1H3,(H,24,28)(H,25,29). The minimum atomic E-state index is -1.07. The van der Waals surface area contributed by atoms with Crippen molar-refractivity contribution in [2.24, 2.45) is 5.92 Å². The van der Waals surface area contributed by atoms with Gasteiger partial charge in [0, 0.05) is 36.5 Å². The topological polar surface area (TPSA) is 82.7 Å². The number of halogens is 2. The zero-order valence-corrected chi connectivity index (χ0v) is 18.2. The van der Waals surface area contributed by atoms with Crippen molar-refractivity contribution in [1.82, 2.24) is 21.1 Å². The first kappa shape index (κ1) is 20.9. The monoisotopic (exact) mass is 442 g/mol. The SMILES string of the molecule is CN1NC(C(=O)NC23CC(NC(=O)COC4CCC(Cl)C(F)C4)(C2)C3)C2CCCC21. The van der Waals surface area contributed by atoms with E-state index in [0.29, 0.717) is 24.8 Å². The highest BCUT2D eigenvalue weighted by atomic mass is 35.5. The molecule has 1 saturated heterocycles. The van der Waals surface area contributed by atoms with Gasteiger partial charge in [-0.2, -0.15) is 0 Å². The van der Waals surface area contributed by atoms with Gasteiger partial charge in [0.15, 0.2) is 0 Å². The van der Waals surface area contributed by atoms with Gasteiger partial charge in [0.2, 0.25) is 11.8 Å². The lowest BCUT2D eigenvalue weighted by Crippen LogP contribution is -2.84. The summed E-state index contributed by atoms with van der Waals surface area (Å²) in [4.78, 5) is 25.2. The number of hydrogen-bond acceptors (Lipinski definition) is 5. The molecule has 9 heteroatoms. The first-order valence-corrected chi connectivity index (χ1v) is 11.7. The second kappa shape index (κ2) is 7.57. The van der Waals surface area contributed by atoms with E-state index in [1.165, 1.54) is 6.42 Å². The lowest BCUT2D eigenvalue weighted by Gasteiger charge is -2.70. The molecular formula is C21H32ClFN4O3. The molecule has 6 rings (SSSR count). The van der Waals surface area contributed by atoms with Crippen molar-refractivity contribution < 1.29 is 18.7 Å². The summed E-state index contributed by atoms with van der Waals surface area (Å²) in [6.45, 7) is -0.0488. The second-order valence-electron chi connectivity index (χ2n) is 10.3. The lowest BCUT2D eigenvalue weighted by atomic mass is 9.44. The van der Waals surface area contributed by atoms with Crippen LogP contribution in [-0.2, 0) is 14.3 Å². The fourth-order valence-corrected chi connectivity index (χ4v) is 6.84. The third-order valence-electron chi connectivity index (χ3n) is 8.00. The molecule has 2 bridgehead atoms. The largest absolute Gasteiger partial charge is 0.368 e. The number of ether oxygens (including phenoxy) is 1. The van der Waals surface area contributed by atoms with E-state index in [-0.39, 0.29) is 48.1 Å². The van der Waals surface area contributed by atoms with E-state index in [2.05, 4.69) is 21.1 Å². The van der Waals surface area contributed by atoms with Gasteiger partial charge in [-0.15, -0.1) is 11.6 Å². The molecule has 3 N–H and O–H groups in total. The number of hydrogen-bond donors (Lipinski definition) is 3. The van der Waals surface area contributed by atoms with Crippen LogP contribution in [0.3, 0.4) is 0 Å². The molecule has 0 aromatic rings. The molecule has 0 radical (unpaired) electrons. The van der Waals surface area contributed by atoms with Gasteiger partial charge in [0.05, 0.1) is 11.5 Å². The number of nitrogens with one attached hydrogen (secondary N) is 3. The Morgan fingerprint density at radius 3 is 2.63 bits per heavy atom. The maximum atomic E-state index is 13.7. The maximum Gasteiger partial charge on any atom is 0.246 e. The smallest absolute Gasteiger partial charge is 0.246 e. The number of rotatable bonds is 6. The molecule has 7 nitrogen and oxygen atoms in total. The third-order valence-corrected chi connectivity index (χ3v) is 8.49. The van der Waals surface area contributed by atoms with Crippen molar-refractivity contribution in [2.45, 2.75) is 98.6 Å². The molecule has 6 fully saturated rings. The predicted molar refractivity (Wildman–Crippen MR) is 110 cm³/mol. The summed E-state index contributed by atoms with van der Waals surface area (Å²) in [6.07, 6.45) is 5.99. The van der Waals surface area contributed by atoms with Crippen LogP contribution in [0.4, 0.5) is 4.39 Å². The Bertz CT molecular complexity index is 705. The molecule has 5 saturated carbocycles. The molecule has 6 aliphatic rings. The number of amides is 2. The van der Waals surface area contributed by atoms with Gasteiger partial charge in [-0.3, -0.25) is 9.59 Å². The van der Waals surface area contributed by atoms with E-state index in [1.54, 1.807) is 0 Å². The number of alkyl halides is 2. The summed E-state index contributed by atoms with van der Waals surface area (Å²) in [5.41, 5.74) is 2.97. The van der Waals surface area contributed by atoms with E-state index in [4.69, 9.17) is 16.3 Å². The van der Waals surface area contributed by atoms with E-state index < -0.39 is 11.5 Å². The zero-order valence-electron chi connectivity index (χ0n) is 17.5. The number of carbonyl (C=O) groups excluding carboxylic acids is 2. The predicted octanol–water partition coefficient (Wildman–Crippen LogP) is 1.40. The Morgan fingerprint density at radius 2 is 1.90 bits per heavy atom. The second-order valence-corrected chi connectivity index (χ2v) is 10.8. The highest BCUT2D eigenvalue weighted by Gasteiger charge is 2.69. The van der Waals surface area contributed by atoms with Crippen LogP contribution in [0.5, 0.6) is 0 Å². The first-order chi connectivity index (χ1) is 14.3. The van der Waals surface area contributed by atoms with Crippen LogP contribution >= 0.6 is 11.6 Å². The Morgan fingerprint density at radius 1 is 1.17 bits per heavy atom. The minimum absolute atomic E-state index is 0.0488. The number of nitrogens with zero attached hydrogens (tertiary/aromatic N) is 1. The molecule has 0 aromatic heterocycles. The van der Waals surface area contributed by atoms with Gasteiger partial charge >= 0.3 is 0 Å². The Kier molecular flexibility index (Phi) is 5.28. The summed E-state index contributed by atoms with van der Waals surface area (Å²) in [7, 11) is 2.03. The molecule has 30 heavy (non-hydrogen) atoms. The van der Waals surface area contributed by atoms with E-state index in [0.717, 1.165) is 32.1 Å². The summed E-state index contributed by atoms with van der Waals surface area (Å²) in [5.74, 6) is 0.326. The summed E-state index contributed by atoms with van der Waals surface area (Å²) in [6, 6.07) is 0.324. The highest BCUT2D eigenvalue weighted by molar-refractivity contribution is 6.21. The zero-order chi connectivity index (χ0) is 21.1. The Labute approximate surface area is 181 Å². The molecule has 6 unspecified atom stereocenters. The fraction of sp³-hybridized carbons (Fsp3) is 0.905.